The van der Waals surface area contributed by atoms with E-state index in [4.69, 9.17) is 5.73 Å². The van der Waals surface area contributed by atoms with Gasteiger partial charge in [-0.15, -0.1) is 11.8 Å². The van der Waals surface area contributed by atoms with Gasteiger partial charge in [-0.1, -0.05) is 0 Å². The van der Waals surface area contributed by atoms with Gasteiger partial charge in [0.2, 0.25) is 0 Å². The van der Waals surface area contributed by atoms with Gasteiger partial charge >= 0.3 is 0 Å². The molecule has 1 aliphatic rings. The Kier molecular flexibility index (Phi) is 2.43. The molecule has 0 fully saturated rings. The van der Waals surface area contributed by atoms with Crippen LogP contribution in [0.2, 0.25) is 0 Å². The van der Waals surface area contributed by atoms with Gasteiger partial charge in [0.15, 0.2) is 0 Å². The molecule has 0 amide bonds. The van der Waals surface area contributed by atoms with Crippen LogP contribution in [-0.2, 0) is 0 Å². The minimum atomic E-state index is -0.383. The maximum Gasteiger partial charge on any atom is 0.269 e. The summed E-state index contributed by atoms with van der Waals surface area (Å²) in [5.74, 6) is 0.992. The summed E-state index contributed by atoms with van der Waals surface area (Å²) >= 11 is 1.71. The summed E-state index contributed by atoms with van der Waals surface area (Å²) in [6.45, 7) is 0. The molecule has 0 aromatic heterocycles. The molecule has 0 spiro atoms. The highest BCUT2D eigenvalue weighted by Gasteiger charge is 2.20. The number of rotatable bonds is 1. The number of non-ortho nitro benzene ring substituents is 1. The Labute approximate surface area is 85.6 Å². The SMILES string of the molecule is NC1CCSc2ccc([N+](=O)[O-])cc21. The second-order valence-electron chi connectivity index (χ2n) is 3.22. The molecule has 1 aromatic rings. The van der Waals surface area contributed by atoms with E-state index in [9.17, 15) is 10.1 Å². The van der Waals surface area contributed by atoms with Crippen molar-refractivity contribution in [2.45, 2.75) is 17.4 Å². The fourth-order valence-electron chi connectivity index (χ4n) is 1.52. The first-order valence-corrected chi connectivity index (χ1v) is 5.34. The molecule has 1 unspecified atom stereocenters. The monoisotopic (exact) mass is 210 g/mol. The number of hydrogen-bond donors (Lipinski definition) is 1. The van der Waals surface area contributed by atoms with Crippen LogP contribution in [0.5, 0.6) is 0 Å². The molecule has 0 bridgehead atoms. The van der Waals surface area contributed by atoms with Crippen LogP contribution in [0.3, 0.4) is 0 Å². The summed E-state index contributed by atoms with van der Waals surface area (Å²) in [4.78, 5) is 11.2. The highest BCUT2D eigenvalue weighted by Crippen LogP contribution is 2.36. The summed E-state index contributed by atoms with van der Waals surface area (Å²) in [7, 11) is 0. The van der Waals surface area contributed by atoms with Gasteiger partial charge in [0.1, 0.15) is 0 Å². The molecule has 0 saturated carbocycles. The third kappa shape index (κ3) is 1.60. The maximum atomic E-state index is 10.6. The van der Waals surface area contributed by atoms with Crippen LogP contribution in [0.4, 0.5) is 5.69 Å². The van der Waals surface area contributed by atoms with Crippen molar-refractivity contribution in [3.63, 3.8) is 0 Å². The summed E-state index contributed by atoms with van der Waals surface area (Å²) in [6, 6.07) is 4.86. The fourth-order valence-corrected chi connectivity index (χ4v) is 2.65. The Bertz CT molecular complexity index is 381. The van der Waals surface area contributed by atoms with Crippen LogP contribution in [0.1, 0.15) is 18.0 Å². The summed E-state index contributed by atoms with van der Waals surface area (Å²) < 4.78 is 0. The molecule has 1 atom stereocenters. The van der Waals surface area contributed by atoms with E-state index in [1.54, 1.807) is 23.9 Å². The zero-order valence-electron chi connectivity index (χ0n) is 7.47. The van der Waals surface area contributed by atoms with E-state index in [0.717, 1.165) is 22.6 Å². The van der Waals surface area contributed by atoms with Crippen molar-refractivity contribution in [1.29, 1.82) is 0 Å². The number of nitrogens with zero attached hydrogens (tertiary/aromatic N) is 1. The van der Waals surface area contributed by atoms with E-state index in [0.29, 0.717) is 0 Å². The molecule has 74 valence electrons. The molecule has 1 aromatic carbocycles. The maximum absolute atomic E-state index is 10.6. The van der Waals surface area contributed by atoms with Gasteiger partial charge in [-0.05, 0) is 23.8 Å². The summed E-state index contributed by atoms with van der Waals surface area (Å²) in [6.07, 6.45) is 0.888. The molecule has 2 N–H and O–H groups in total. The van der Waals surface area contributed by atoms with Crippen molar-refractivity contribution in [2.24, 2.45) is 5.73 Å². The quantitative estimate of drug-likeness (QED) is 0.569. The van der Waals surface area contributed by atoms with E-state index in [1.807, 2.05) is 0 Å². The Morgan fingerprint density at radius 3 is 3.07 bits per heavy atom. The van der Waals surface area contributed by atoms with Crippen LogP contribution in [-0.4, -0.2) is 10.7 Å². The standard InChI is InChI=1S/C9H10N2O2S/c10-8-3-4-14-9-2-1-6(11(12)13)5-7(8)9/h1-2,5,8H,3-4,10H2. The number of benzene rings is 1. The van der Waals surface area contributed by atoms with E-state index >= 15 is 0 Å². The Hall–Kier alpha value is -1.07. The van der Waals surface area contributed by atoms with Gasteiger partial charge in [-0.2, -0.15) is 0 Å². The van der Waals surface area contributed by atoms with Crippen LogP contribution in [0.15, 0.2) is 23.1 Å². The molecule has 1 heterocycles. The predicted molar refractivity (Wildman–Crippen MR) is 55.4 cm³/mol. The van der Waals surface area contributed by atoms with Crippen LogP contribution < -0.4 is 5.73 Å². The molecule has 1 aliphatic heterocycles. The Balaban J connectivity index is 2.45. The second-order valence-corrected chi connectivity index (χ2v) is 4.36. The predicted octanol–water partition coefficient (Wildman–Crippen LogP) is 2.09. The fraction of sp³-hybridized carbons (Fsp3) is 0.333. The lowest BCUT2D eigenvalue weighted by Crippen LogP contribution is -2.15. The van der Waals surface area contributed by atoms with E-state index in [2.05, 4.69) is 0 Å². The minimum absolute atomic E-state index is 0.0499. The summed E-state index contributed by atoms with van der Waals surface area (Å²) in [5.41, 5.74) is 6.92. The molecule has 2 rings (SSSR count). The van der Waals surface area contributed by atoms with Gasteiger partial charge in [-0.3, -0.25) is 10.1 Å². The first-order chi connectivity index (χ1) is 6.68. The van der Waals surface area contributed by atoms with Crippen molar-refractivity contribution in [2.75, 3.05) is 5.75 Å². The third-order valence-corrected chi connectivity index (χ3v) is 3.41. The van der Waals surface area contributed by atoms with Crippen LogP contribution in [0, 0.1) is 10.1 Å². The number of thioether (sulfide) groups is 1. The van der Waals surface area contributed by atoms with Gasteiger partial charge in [0.05, 0.1) is 4.92 Å². The average molecular weight is 210 g/mol. The first kappa shape index (κ1) is 9.48. The smallest absolute Gasteiger partial charge is 0.269 e. The first-order valence-electron chi connectivity index (χ1n) is 4.35. The lowest BCUT2D eigenvalue weighted by atomic mass is 10.0. The van der Waals surface area contributed by atoms with Crippen molar-refractivity contribution in [3.8, 4) is 0 Å². The number of nitro benzene ring substituents is 1. The largest absolute Gasteiger partial charge is 0.324 e. The highest BCUT2D eigenvalue weighted by atomic mass is 32.2. The third-order valence-electron chi connectivity index (χ3n) is 2.29. The lowest BCUT2D eigenvalue weighted by Gasteiger charge is -2.20. The highest BCUT2D eigenvalue weighted by molar-refractivity contribution is 7.99. The second kappa shape index (κ2) is 3.59. The van der Waals surface area contributed by atoms with Gasteiger partial charge in [-0.25, -0.2) is 0 Å². The summed E-state index contributed by atoms with van der Waals surface area (Å²) in [5, 5.41) is 10.6. The van der Waals surface area contributed by atoms with Crippen LogP contribution >= 0.6 is 11.8 Å². The van der Waals surface area contributed by atoms with Crippen molar-refractivity contribution >= 4 is 17.4 Å². The molecular weight excluding hydrogens is 200 g/mol. The Morgan fingerprint density at radius 1 is 1.57 bits per heavy atom. The minimum Gasteiger partial charge on any atom is -0.324 e. The lowest BCUT2D eigenvalue weighted by molar-refractivity contribution is -0.385. The molecular formula is C9H10N2O2S. The topological polar surface area (TPSA) is 69.2 Å². The van der Waals surface area contributed by atoms with Gasteiger partial charge in [0.25, 0.3) is 5.69 Å². The Morgan fingerprint density at radius 2 is 2.36 bits per heavy atom. The van der Waals surface area contributed by atoms with Crippen molar-refractivity contribution in [3.05, 3.63) is 33.9 Å². The van der Waals surface area contributed by atoms with E-state index in [1.165, 1.54) is 6.07 Å². The number of nitrogens with two attached hydrogens (primary N) is 1. The zero-order valence-corrected chi connectivity index (χ0v) is 8.29. The van der Waals surface area contributed by atoms with Gasteiger partial charge < -0.3 is 5.73 Å². The molecule has 0 saturated heterocycles. The van der Waals surface area contributed by atoms with E-state index in [-0.39, 0.29) is 16.7 Å². The number of hydrogen-bond acceptors (Lipinski definition) is 4. The number of nitro groups is 1. The zero-order chi connectivity index (χ0) is 10.1. The molecule has 4 nitrogen and oxygen atoms in total. The molecule has 0 radical (unpaired) electrons. The van der Waals surface area contributed by atoms with Crippen LogP contribution in [0.25, 0.3) is 0 Å². The molecule has 14 heavy (non-hydrogen) atoms. The normalized spacial score (nSPS) is 20.2. The average Bonchev–Trinajstić information content (AvgIpc) is 2.18. The molecule has 0 aliphatic carbocycles. The van der Waals surface area contributed by atoms with Gasteiger partial charge in [0, 0.05) is 23.1 Å². The molecule has 5 heteroatoms. The van der Waals surface area contributed by atoms with E-state index < -0.39 is 0 Å². The van der Waals surface area contributed by atoms with Crippen molar-refractivity contribution < 1.29 is 4.92 Å². The number of fused-ring (bicyclic) bond motifs is 1. The van der Waals surface area contributed by atoms with Crippen molar-refractivity contribution in [1.82, 2.24) is 0 Å².